The van der Waals surface area contributed by atoms with Gasteiger partial charge in [-0.25, -0.2) is 0 Å². The van der Waals surface area contributed by atoms with Gasteiger partial charge in [-0.3, -0.25) is 0 Å². The summed E-state index contributed by atoms with van der Waals surface area (Å²) in [5, 5.41) is 0. The number of aryl methyl sites for hydroxylation is 1. The summed E-state index contributed by atoms with van der Waals surface area (Å²) in [4.78, 5) is 4.94. The lowest BCUT2D eigenvalue weighted by Crippen LogP contribution is -2.38. The van der Waals surface area contributed by atoms with Crippen LogP contribution >= 0.6 is 0 Å². The van der Waals surface area contributed by atoms with Crippen LogP contribution in [-0.2, 0) is 16.2 Å². The molecule has 7 rings (SSSR count). The molecule has 2 aliphatic heterocycles. The molecule has 2 heteroatoms. The van der Waals surface area contributed by atoms with Crippen molar-refractivity contribution in [3.8, 4) is 0 Å². The van der Waals surface area contributed by atoms with Gasteiger partial charge in [-0.05, 0) is 88.7 Å². The molecule has 0 bridgehead atoms. The lowest BCUT2D eigenvalue weighted by atomic mass is 9.66. The molecule has 0 aromatic heterocycles. The third-order valence-corrected chi connectivity index (χ3v) is 9.86. The molecule has 216 valence electrons. The van der Waals surface area contributed by atoms with Gasteiger partial charge in [-0.15, -0.1) is 0 Å². The van der Waals surface area contributed by atoms with Crippen LogP contribution in [0.25, 0.3) is 0 Å². The van der Waals surface area contributed by atoms with E-state index in [2.05, 4.69) is 174 Å². The van der Waals surface area contributed by atoms with Crippen LogP contribution in [0.2, 0.25) is 0 Å². The molecule has 0 N–H and O–H groups in total. The molecule has 0 amide bonds. The molecule has 2 heterocycles. The summed E-state index contributed by atoms with van der Waals surface area (Å²) >= 11 is 0. The fourth-order valence-electron chi connectivity index (χ4n) is 7.26. The molecule has 43 heavy (non-hydrogen) atoms. The van der Waals surface area contributed by atoms with Crippen molar-refractivity contribution in [3.63, 3.8) is 0 Å². The minimum atomic E-state index is -0.176. The quantitative estimate of drug-likeness (QED) is 0.216. The van der Waals surface area contributed by atoms with Crippen LogP contribution in [0, 0.1) is 6.92 Å². The monoisotopic (exact) mass is 562 g/mol. The molecular formula is C41H42N2. The van der Waals surface area contributed by atoms with Crippen LogP contribution in [-0.4, -0.2) is 0 Å². The van der Waals surface area contributed by atoms with Crippen molar-refractivity contribution in [3.05, 3.63) is 143 Å². The highest BCUT2D eigenvalue weighted by Crippen LogP contribution is 2.60. The molecule has 0 fully saturated rings. The van der Waals surface area contributed by atoms with E-state index in [-0.39, 0.29) is 16.2 Å². The molecule has 2 aliphatic rings. The molecule has 5 aromatic carbocycles. The zero-order valence-electron chi connectivity index (χ0n) is 26.8. The Morgan fingerprint density at radius 1 is 0.535 bits per heavy atom. The third-order valence-electron chi connectivity index (χ3n) is 9.86. The molecule has 5 aromatic rings. The Hall–Kier alpha value is -4.30. The van der Waals surface area contributed by atoms with E-state index >= 15 is 0 Å². The van der Waals surface area contributed by atoms with E-state index in [0.29, 0.717) is 0 Å². The first-order valence-corrected chi connectivity index (χ1v) is 15.5. The summed E-state index contributed by atoms with van der Waals surface area (Å²) < 4.78 is 0. The maximum Gasteiger partial charge on any atom is 0.0543 e. The fraction of sp³-hybridized carbons (Fsp3) is 0.268. The van der Waals surface area contributed by atoms with Crippen molar-refractivity contribution in [1.29, 1.82) is 0 Å². The number of nitrogens with zero attached hydrogens (tertiary/aromatic N) is 2. The highest BCUT2D eigenvalue weighted by atomic mass is 15.2. The van der Waals surface area contributed by atoms with E-state index in [1.807, 2.05) is 0 Å². The first kappa shape index (κ1) is 27.5. The van der Waals surface area contributed by atoms with Crippen LogP contribution in [0.3, 0.4) is 0 Å². The summed E-state index contributed by atoms with van der Waals surface area (Å²) in [5.41, 5.74) is 15.3. The highest BCUT2D eigenvalue weighted by molar-refractivity contribution is 5.93. The number of benzene rings is 5. The molecule has 0 aliphatic carbocycles. The SMILES string of the molecule is Cc1ccc(N(c2ccc(C(C)(C)C)cc2)c2ccc3c(c2)C(C)(C)c2cccc4c2N3c2ccccc2C4(C)C)cc1. The van der Waals surface area contributed by atoms with Crippen LogP contribution in [0.5, 0.6) is 0 Å². The van der Waals surface area contributed by atoms with Gasteiger partial charge in [0.05, 0.1) is 17.1 Å². The van der Waals surface area contributed by atoms with Gasteiger partial charge in [0.1, 0.15) is 0 Å². The predicted octanol–water partition coefficient (Wildman–Crippen LogP) is 11.5. The van der Waals surface area contributed by atoms with Crippen LogP contribution < -0.4 is 9.80 Å². The molecule has 0 radical (unpaired) electrons. The number of rotatable bonds is 3. The third kappa shape index (κ3) is 4.14. The second-order valence-electron chi connectivity index (χ2n) is 14.5. The predicted molar refractivity (Wildman–Crippen MR) is 184 cm³/mol. The standard InChI is InChI=1S/C41H42N2/c1-27-16-20-29(21-17-27)42(30-22-18-28(19-23-30)39(2,3)4)31-24-25-37-35(26-31)41(7,8)34-14-11-13-33-38(34)43(37)36-15-10-9-12-32(36)40(33,5)6/h9-26H,1-8H3. The zero-order chi connectivity index (χ0) is 30.3. The van der Waals surface area contributed by atoms with Crippen molar-refractivity contribution >= 4 is 34.1 Å². The van der Waals surface area contributed by atoms with Crippen molar-refractivity contribution < 1.29 is 0 Å². The van der Waals surface area contributed by atoms with E-state index in [4.69, 9.17) is 0 Å². The molecule has 0 saturated carbocycles. The second-order valence-corrected chi connectivity index (χ2v) is 14.5. The smallest absolute Gasteiger partial charge is 0.0543 e. The van der Waals surface area contributed by atoms with E-state index < -0.39 is 0 Å². The average molecular weight is 563 g/mol. The minimum Gasteiger partial charge on any atom is -0.310 e. The lowest BCUT2D eigenvalue weighted by molar-refractivity contribution is 0.590. The molecule has 0 atom stereocenters. The maximum atomic E-state index is 2.53. The summed E-state index contributed by atoms with van der Waals surface area (Å²) in [6.45, 7) is 18.5. The number of fused-ring (bicyclic) bond motifs is 4. The molecule has 0 spiro atoms. The van der Waals surface area contributed by atoms with Crippen LogP contribution in [0.1, 0.15) is 81.8 Å². The average Bonchev–Trinajstić information content (AvgIpc) is 2.98. The van der Waals surface area contributed by atoms with Crippen molar-refractivity contribution in [2.75, 3.05) is 9.80 Å². The van der Waals surface area contributed by atoms with Gasteiger partial charge in [0.15, 0.2) is 0 Å². The normalized spacial score (nSPS) is 15.8. The van der Waals surface area contributed by atoms with Gasteiger partial charge in [-0.2, -0.15) is 0 Å². The Kier molecular flexibility index (Phi) is 5.98. The van der Waals surface area contributed by atoms with Gasteiger partial charge in [0.2, 0.25) is 0 Å². The van der Waals surface area contributed by atoms with Crippen molar-refractivity contribution in [1.82, 2.24) is 0 Å². The van der Waals surface area contributed by atoms with Gasteiger partial charge >= 0.3 is 0 Å². The first-order chi connectivity index (χ1) is 20.4. The largest absolute Gasteiger partial charge is 0.310 e. The second kappa shape index (κ2) is 9.35. The van der Waals surface area contributed by atoms with Gasteiger partial charge in [-0.1, -0.05) is 115 Å². The van der Waals surface area contributed by atoms with Crippen LogP contribution in [0.4, 0.5) is 34.1 Å². The fourth-order valence-corrected chi connectivity index (χ4v) is 7.26. The van der Waals surface area contributed by atoms with Gasteiger partial charge < -0.3 is 9.80 Å². The van der Waals surface area contributed by atoms with E-state index in [1.54, 1.807) is 0 Å². The van der Waals surface area contributed by atoms with Crippen LogP contribution in [0.15, 0.2) is 109 Å². The number of anilines is 6. The Morgan fingerprint density at radius 2 is 1.05 bits per heavy atom. The first-order valence-electron chi connectivity index (χ1n) is 15.5. The summed E-state index contributed by atoms with van der Waals surface area (Å²) in [7, 11) is 0. The van der Waals surface area contributed by atoms with Crippen molar-refractivity contribution in [2.45, 2.75) is 71.6 Å². The summed E-state index contributed by atoms with van der Waals surface area (Å²) in [6, 6.07) is 41.0. The molecule has 2 nitrogen and oxygen atoms in total. The maximum absolute atomic E-state index is 2.53. The number of para-hydroxylation sites is 2. The van der Waals surface area contributed by atoms with E-state index in [9.17, 15) is 0 Å². The topological polar surface area (TPSA) is 6.48 Å². The Labute approximate surface area is 257 Å². The Balaban J connectivity index is 1.45. The number of hydrogen-bond acceptors (Lipinski definition) is 2. The summed E-state index contributed by atoms with van der Waals surface area (Å²) in [5.74, 6) is 0. The summed E-state index contributed by atoms with van der Waals surface area (Å²) in [6.07, 6.45) is 0. The van der Waals surface area contributed by atoms with Gasteiger partial charge in [0, 0.05) is 27.9 Å². The molecule has 0 saturated heterocycles. The molecular weight excluding hydrogens is 520 g/mol. The lowest BCUT2D eigenvalue weighted by Gasteiger charge is -2.49. The Morgan fingerprint density at radius 3 is 1.67 bits per heavy atom. The zero-order valence-corrected chi connectivity index (χ0v) is 26.8. The van der Waals surface area contributed by atoms with E-state index in [1.165, 1.54) is 56.1 Å². The minimum absolute atomic E-state index is 0.0760. The Bertz CT molecular complexity index is 1850. The van der Waals surface area contributed by atoms with Crippen molar-refractivity contribution in [2.24, 2.45) is 0 Å². The number of hydrogen-bond donors (Lipinski definition) is 0. The highest BCUT2D eigenvalue weighted by Gasteiger charge is 2.45. The van der Waals surface area contributed by atoms with E-state index in [0.717, 1.165) is 11.4 Å². The molecule has 0 unspecified atom stereocenters. The van der Waals surface area contributed by atoms with Gasteiger partial charge in [0.25, 0.3) is 0 Å².